The fourth-order valence-corrected chi connectivity index (χ4v) is 4.01. The van der Waals surface area contributed by atoms with E-state index in [1.165, 1.54) is 0 Å². The molecule has 0 spiro atoms. The average molecular weight is 330 g/mol. The van der Waals surface area contributed by atoms with Crippen molar-refractivity contribution >= 4 is 5.97 Å². The molecule has 128 valence electrons. The van der Waals surface area contributed by atoms with Gasteiger partial charge in [0.2, 0.25) is 5.76 Å². The molecule has 0 amide bonds. The molecule has 1 aliphatic heterocycles. The lowest BCUT2D eigenvalue weighted by Gasteiger charge is -2.58. The number of nitrogens with zero attached hydrogens (tertiary/aromatic N) is 2. The van der Waals surface area contributed by atoms with Crippen molar-refractivity contribution in [1.29, 1.82) is 0 Å². The molecule has 1 saturated heterocycles. The van der Waals surface area contributed by atoms with E-state index in [0.29, 0.717) is 18.2 Å². The minimum Gasteiger partial charge on any atom is -0.455 e. The zero-order valence-electron chi connectivity index (χ0n) is 14.0. The third-order valence-corrected chi connectivity index (χ3v) is 5.20. The van der Waals surface area contributed by atoms with Crippen LogP contribution < -0.4 is 0 Å². The topological polar surface area (TPSA) is 66.5 Å². The summed E-state index contributed by atoms with van der Waals surface area (Å²) >= 11 is 0. The second kappa shape index (κ2) is 5.77. The number of carbonyl (C=O) groups is 1. The number of ether oxygens (including phenoxy) is 2. The van der Waals surface area contributed by atoms with E-state index in [9.17, 15) is 4.79 Å². The number of furan rings is 1. The Labute approximate surface area is 140 Å². The molecule has 2 fully saturated rings. The Morgan fingerprint density at radius 2 is 2.33 bits per heavy atom. The fourth-order valence-electron chi connectivity index (χ4n) is 4.01. The molecular weight excluding hydrogens is 308 g/mol. The first kappa shape index (κ1) is 15.4. The lowest BCUT2D eigenvalue weighted by Crippen LogP contribution is -2.65. The summed E-state index contributed by atoms with van der Waals surface area (Å²) in [7, 11) is 0. The van der Waals surface area contributed by atoms with Gasteiger partial charge in [-0.3, -0.25) is 4.68 Å². The third kappa shape index (κ3) is 2.55. The lowest BCUT2D eigenvalue weighted by molar-refractivity contribution is -0.243. The van der Waals surface area contributed by atoms with Crippen molar-refractivity contribution in [3.05, 3.63) is 42.1 Å². The van der Waals surface area contributed by atoms with Crippen LogP contribution in [0.4, 0.5) is 0 Å². The van der Waals surface area contributed by atoms with Gasteiger partial charge < -0.3 is 13.9 Å². The summed E-state index contributed by atoms with van der Waals surface area (Å²) in [4.78, 5) is 12.4. The minimum atomic E-state index is -0.399. The Hall–Kier alpha value is -2.08. The zero-order valence-corrected chi connectivity index (χ0v) is 14.0. The molecule has 4 rings (SSSR count). The molecule has 2 aliphatic rings. The number of esters is 1. The van der Waals surface area contributed by atoms with Crippen LogP contribution in [0.5, 0.6) is 0 Å². The van der Waals surface area contributed by atoms with E-state index >= 15 is 0 Å². The summed E-state index contributed by atoms with van der Waals surface area (Å²) in [5, 5.41) is 4.13. The highest BCUT2D eigenvalue weighted by Gasteiger charge is 2.60. The highest BCUT2D eigenvalue weighted by atomic mass is 16.6. The van der Waals surface area contributed by atoms with Gasteiger partial charge >= 0.3 is 5.97 Å². The van der Waals surface area contributed by atoms with Crippen LogP contribution in [0.3, 0.4) is 0 Å². The normalized spacial score (nSPS) is 28.0. The number of fused-ring (bicyclic) bond motifs is 1. The van der Waals surface area contributed by atoms with Crippen LogP contribution in [-0.2, 0) is 16.0 Å². The summed E-state index contributed by atoms with van der Waals surface area (Å²) in [5.41, 5.74) is -0.148. The Morgan fingerprint density at radius 1 is 1.46 bits per heavy atom. The van der Waals surface area contributed by atoms with Gasteiger partial charge in [-0.2, -0.15) is 5.10 Å². The summed E-state index contributed by atoms with van der Waals surface area (Å²) in [6.45, 7) is 5.50. The molecule has 1 aliphatic carbocycles. The van der Waals surface area contributed by atoms with E-state index in [0.717, 1.165) is 19.4 Å². The maximum atomic E-state index is 12.4. The van der Waals surface area contributed by atoms with Gasteiger partial charge in [-0.05, 0) is 31.0 Å². The Bertz CT molecular complexity index is 719. The quantitative estimate of drug-likeness (QED) is 0.807. The lowest BCUT2D eigenvalue weighted by atomic mass is 9.57. The van der Waals surface area contributed by atoms with E-state index in [-0.39, 0.29) is 23.4 Å². The van der Waals surface area contributed by atoms with Crippen molar-refractivity contribution in [2.45, 2.75) is 45.4 Å². The molecule has 1 saturated carbocycles. The van der Waals surface area contributed by atoms with Crippen molar-refractivity contribution in [1.82, 2.24) is 9.78 Å². The predicted octanol–water partition coefficient (Wildman–Crippen LogP) is 2.88. The molecule has 0 bridgehead atoms. The zero-order chi connectivity index (χ0) is 16.7. The Kier molecular flexibility index (Phi) is 3.72. The molecule has 24 heavy (non-hydrogen) atoms. The van der Waals surface area contributed by atoms with Crippen molar-refractivity contribution in [2.75, 3.05) is 6.61 Å². The first-order chi connectivity index (χ1) is 11.6. The third-order valence-electron chi connectivity index (χ3n) is 5.20. The highest BCUT2D eigenvalue weighted by molar-refractivity contribution is 5.86. The summed E-state index contributed by atoms with van der Waals surface area (Å²) < 4.78 is 19.0. The van der Waals surface area contributed by atoms with E-state index in [1.54, 1.807) is 23.0 Å². The molecule has 3 heterocycles. The SMILES string of the molecule is CC1(C)[C@@H]2OCCC[C@H]2[C@@H]1OC(=O)c1ccc(Cn2cccn2)o1. The van der Waals surface area contributed by atoms with Crippen molar-refractivity contribution in [2.24, 2.45) is 11.3 Å². The number of hydrogen-bond donors (Lipinski definition) is 0. The summed E-state index contributed by atoms with van der Waals surface area (Å²) in [6.07, 6.45) is 5.71. The van der Waals surface area contributed by atoms with Gasteiger partial charge in [0.15, 0.2) is 0 Å². The van der Waals surface area contributed by atoms with E-state index < -0.39 is 5.97 Å². The van der Waals surface area contributed by atoms with Crippen LogP contribution in [-0.4, -0.2) is 34.6 Å². The van der Waals surface area contributed by atoms with Gasteiger partial charge in [0.25, 0.3) is 0 Å². The van der Waals surface area contributed by atoms with Crippen molar-refractivity contribution in [3.63, 3.8) is 0 Å². The van der Waals surface area contributed by atoms with Gasteiger partial charge in [0, 0.05) is 30.3 Å². The number of rotatable bonds is 4. The number of aromatic nitrogens is 2. The van der Waals surface area contributed by atoms with Crippen LogP contribution >= 0.6 is 0 Å². The van der Waals surface area contributed by atoms with Crippen molar-refractivity contribution < 1.29 is 18.7 Å². The van der Waals surface area contributed by atoms with Gasteiger partial charge in [-0.25, -0.2) is 4.79 Å². The first-order valence-corrected chi connectivity index (χ1v) is 8.44. The fraction of sp³-hybridized carbons (Fsp3) is 0.556. The molecule has 3 atom stereocenters. The number of hydrogen-bond acceptors (Lipinski definition) is 5. The maximum absolute atomic E-state index is 12.4. The van der Waals surface area contributed by atoms with Gasteiger partial charge in [0.1, 0.15) is 11.9 Å². The molecule has 2 aromatic rings. The van der Waals surface area contributed by atoms with Crippen molar-refractivity contribution in [3.8, 4) is 0 Å². The van der Waals surface area contributed by atoms with Crippen LogP contribution in [0.15, 0.2) is 35.0 Å². The van der Waals surface area contributed by atoms with Crippen LogP contribution in [0, 0.1) is 11.3 Å². The monoisotopic (exact) mass is 330 g/mol. The molecule has 6 nitrogen and oxygen atoms in total. The Balaban J connectivity index is 1.42. The Morgan fingerprint density at radius 3 is 3.12 bits per heavy atom. The molecule has 2 aromatic heterocycles. The second-order valence-corrected chi connectivity index (χ2v) is 7.21. The van der Waals surface area contributed by atoms with Gasteiger partial charge in [-0.1, -0.05) is 13.8 Å². The van der Waals surface area contributed by atoms with Crippen LogP contribution in [0.25, 0.3) is 0 Å². The highest BCUT2D eigenvalue weighted by Crippen LogP contribution is 2.53. The molecule has 0 unspecified atom stereocenters. The smallest absolute Gasteiger partial charge is 0.374 e. The van der Waals surface area contributed by atoms with E-state index in [2.05, 4.69) is 18.9 Å². The molecular formula is C18H22N2O4. The second-order valence-electron chi connectivity index (χ2n) is 7.21. The molecule has 0 aromatic carbocycles. The van der Waals surface area contributed by atoms with Gasteiger partial charge in [0.05, 0.1) is 12.6 Å². The van der Waals surface area contributed by atoms with E-state index in [1.807, 2.05) is 12.3 Å². The first-order valence-electron chi connectivity index (χ1n) is 8.44. The van der Waals surface area contributed by atoms with Crippen LogP contribution in [0.2, 0.25) is 0 Å². The molecule has 0 radical (unpaired) electrons. The average Bonchev–Trinajstić information content (AvgIpc) is 3.25. The van der Waals surface area contributed by atoms with Crippen LogP contribution in [0.1, 0.15) is 43.0 Å². The molecule has 6 heteroatoms. The summed E-state index contributed by atoms with van der Waals surface area (Å²) in [5.74, 6) is 0.825. The van der Waals surface area contributed by atoms with Gasteiger partial charge in [-0.15, -0.1) is 0 Å². The largest absolute Gasteiger partial charge is 0.455 e. The standard InChI is InChI=1S/C18H22N2O4/c1-18(2)15-13(5-3-10-22-15)16(18)24-17(21)14-7-6-12(23-14)11-20-9-4-8-19-20/h4,6-9,13,15-16H,3,5,10-11H2,1-2H3/t13-,15-,16+/m1/s1. The minimum absolute atomic E-state index is 0.116. The molecule has 0 N–H and O–H groups in total. The predicted molar refractivity (Wildman–Crippen MR) is 85.5 cm³/mol. The number of carbonyl (C=O) groups excluding carboxylic acids is 1. The maximum Gasteiger partial charge on any atom is 0.374 e. The van der Waals surface area contributed by atoms with E-state index in [4.69, 9.17) is 13.9 Å². The summed E-state index contributed by atoms with van der Waals surface area (Å²) in [6, 6.07) is 5.30.